The summed E-state index contributed by atoms with van der Waals surface area (Å²) in [5.41, 5.74) is 7.42. The van der Waals surface area contributed by atoms with Crippen molar-refractivity contribution in [2.45, 2.75) is 63.8 Å². The second kappa shape index (κ2) is 17.5. The fourth-order valence-corrected chi connectivity index (χ4v) is 9.15. The van der Waals surface area contributed by atoms with Crippen molar-refractivity contribution in [2.75, 3.05) is 30.3 Å². The summed E-state index contributed by atoms with van der Waals surface area (Å²) in [5, 5.41) is 7.62. The number of allylic oxidation sites excluding steroid dienone is 6. The number of nitrogens with two attached hydrogens (primary N) is 1. The summed E-state index contributed by atoms with van der Waals surface area (Å²) in [7, 11) is -4.34. The molecule has 1 unspecified atom stereocenters. The standard InChI is InChI=1S/C38H45N5O6S3/c1-3-42-29-12-7-9-14-31(29)50-34(42)19-17-27-24-28(18-20-35-43(4-2)30-13-8-10-15-32(30)51-35)26-38(25-27,37(46)41-22-23-52(47,48)49)36(45)40-21-11-5-6-16-33(39)44/h7-10,12-15,17-20,24H,3-6,11,16,21-23,25-26H2,1-2H3,(H4-,39,40,41,44,45,46,47,48,49)/p+1. The van der Waals surface area contributed by atoms with Crippen LogP contribution >= 0.6 is 23.1 Å². The molecule has 11 nitrogen and oxygen atoms in total. The van der Waals surface area contributed by atoms with Gasteiger partial charge >= 0.3 is 0 Å². The van der Waals surface area contributed by atoms with Crippen LogP contribution in [0.3, 0.4) is 0 Å². The molecule has 2 aliphatic rings. The number of thioether (sulfide) groups is 1. The van der Waals surface area contributed by atoms with Gasteiger partial charge in [-0.15, -0.1) is 0 Å². The molecule has 0 fully saturated rings. The number of carbonyl (C=O) groups excluding carboxylic acids is 3. The number of nitrogens with zero attached hydrogens (tertiary/aromatic N) is 2. The number of unbranched alkanes of at least 4 members (excludes halogenated alkanes) is 2. The normalized spacial score (nSPS) is 19.0. The number of nitrogens with one attached hydrogen (secondary N) is 2. The molecular weight excluding hydrogens is 719 g/mol. The maximum absolute atomic E-state index is 14.2. The van der Waals surface area contributed by atoms with E-state index in [0.717, 1.165) is 55.1 Å². The Morgan fingerprint density at radius 2 is 1.69 bits per heavy atom. The summed E-state index contributed by atoms with van der Waals surface area (Å²) in [5.74, 6) is -2.16. The van der Waals surface area contributed by atoms with E-state index < -0.39 is 33.1 Å². The SMILES string of the molecule is CCN1/C(=C/C=C2C=C(/C=C/c3sc4ccccc4[n+]3CC)CC(C(=O)NCCCCCC(N)=O)(C(=O)NCCS(=O)(=O)O)C/2)Sc2ccccc21. The molecule has 2 aromatic carbocycles. The van der Waals surface area contributed by atoms with Gasteiger partial charge < -0.3 is 21.3 Å². The summed E-state index contributed by atoms with van der Waals surface area (Å²) >= 11 is 3.31. The smallest absolute Gasteiger partial charge is 0.266 e. The van der Waals surface area contributed by atoms with Gasteiger partial charge in [0.05, 0.1) is 16.5 Å². The lowest BCUT2D eigenvalue weighted by molar-refractivity contribution is -0.665. The second-order valence-electron chi connectivity index (χ2n) is 12.8. The number of primary amides is 1. The van der Waals surface area contributed by atoms with Crippen LogP contribution in [0.15, 0.2) is 93.9 Å². The second-order valence-corrected chi connectivity index (χ2v) is 16.5. The molecule has 3 aromatic rings. The zero-order chi connectivity index (χ0) is 37.3. The highest BCUT2D eigenvalue weighted by atomic mass is 32.2. The number of benzene rings is 2. The fourth-order valence-electron chi connectivity index (χ4n) is 6.54. The van der Waals surface area contributed by atoms with Crippen LogP contribution in [0.1, 0.15) is 57.4 Å². The molecule has 0 bridgehead atoms. The molecule has 2 heterocycles. The van der Waals surface area contributed by atoms with Crippen LogP contribution in [0.25, 0.3) is 16.3 Å². The van der Waals surface area contributed by atoms with Crippen molar-refractivity contribution in [3.05, 3.63) is 94.0 Å². The van der Waals surface area contributed by atoms with Crippen molar-refractivity contribution in [3.8, 4) is 0 Å². The van der Waals surface area contributed by atoms with E-state index in [1.54, 1.807) is 23.1 Å². The van der Waals surface area contributed by atoms with E-state index in [9.17, 15) is 27.4 Å². The molecule has 1 aliphatic carbocycles. The molecule has 0 spiro atoms. The Morgan fingerprint density at radius 1 is 0.962 bits per heavy atom. The highest BCUT2D eigenvalue weighted by molar-refractivity contribution is 8.03. The summed E-state index contributed by atoms with van der Waals surface area (Å²) in [6.07, 6.45) is 12.2. The van der Waals surface area contributed by atoms with E-state index in [1.807, 2.05) is 54.6 Å². The largest absolute Gasteiger partial charge is 0.370 e. The molecule has 0 saturated carbocycles. The van der Waals surface area contributed by atoms with Crippen molar-refractivity contribution in [3.63, 3.8) is 0 Å². The average Bonchev–Trinajstić information content (AvgIpc) is 3.67. The lowest BCUT2D eigenvalue weighted by Gasteiger charge is -2.35. The third-order valence-corrected chi connectivity index (χ3v) is 12.1. The number of para-hydroxylation sites is 2. The molecule has 0 saturated heterocycles. The Hall–Kier alpha value is -4.24. The predicted molar refractivity (Wildman–Crippen MR) is 208 cm³/mol. The maximum atomic E-state index is 14.2. The molecule has 52 heavy (non-hydrogen) atoms. The molecule has 1 atom stereocenters. The van der Waals surface area contributed by atoms with E-state index in [0.29, 0.717) is 19.3 Å². The Morgan fingerprint density at radius 3 is 2.42 bits per heavy atom. The highest BCUT2D eigenvalue weighted by Crippen LogP contribution is 2.46. The van der Waals surface area contributed by atoms with Crippen LogP contribution in [0.2, 0.25) is 0 Å². The van der Waals surface area contributed by atoms with Crippen LogP contribution in [-0.4, -0.2) is 56.1 Å². The Balaban J connectivity index is 1.52. The molecule has 3 amide bonds. The minimum absolute atomic E-state index is 0.0704. The molecule has 1 aromatic heterocycles. The first kappa shape index (κ1) is 39.0. The van der Waals surface area contributed by atoms with E-state index in [2.05, 4.69) is 58.2 Å². The van der Waals surface area contributed by atoms with Crippen molar-refractivity contribution in [1.82, 2.24) is 10.6 Å². The van der Waals surface area contributed by atoms with E-state index in [1.165, 1.54) is 0 Å². The summed E-state index contributed by atoms with van der Waals surface area (Å²) in [6.45, 7) is 5.63. The molecule has 5 N–H and O–H groups in total. The van der Waals surface area contributed by atoms with Gasteiger partial charge in [-0.2, -0.15) is 13.0 Å². The number of hydrogen-bond acceptors (Lipinski definition) is 8. The van der Waals surface area contributed by atoms with E-state index in [-0.39, 0.29) is 38.3 Å². The number of amides is 3. The predicted octanol–water partition coefficient (Wildman–Crippen LogP) is 5.49. The van der Waals surface area contributed by atoms with Gasteiger partial charge in [0.2, 0.25) is 23.2 Å². The zero-order valence-electron chi connectivity index (χ0n) is 29.5. The van der Waals surface area contributed by atoms with Gasteiger partial charge in [0.1, 0.15) is 16.7 Å². The first-order chi connectivity index (χ1) is 24.9. The van der Waals surface area contributed by atoms with Gasteiger partial charge in [0, 0.05) is 43.1 Å². The zero-order valence-corrected chi connectivity index (χ0v) is 31.9. The lowest BCUT2D eigenvalue weighted by Crippen LogP contribution is -2.53. The summed E-state index contributed by atoms with van der Waals surface area (Å²) in [4.78, 5) is 42.9. The number of aromatic nitrogens is 1. The number of anilines is 1. The number of hydrogen-bond donors (Lipinski definition) is 4. The minimum Gasteiger partial charge on any atom is -0.370 e. The topological polar surface area (TPSA) is 163 Å². The minimum atomic E-state index is -4.34. The van der Waals surface area contributed by atoms with Crippen LogP contribution < -0.4 is 25.8 Å². The van der Waals surface area contributed by atoms with Crippen LogP contribution in [0, 0.1) is 5.41 Å². The molecule has 276 valence electrons. The van der Waals surface area contributed by atoms with Crippen molar-refractivity contribution < 1.29 is 31.9 Å². The van der Waals surface area contributed by atoms with Gasteiger partial charge in [-0.1, -0.05) is 72.0 Å². The average molecular weight is 765 g/mol. The van der Waals surface area contributed by atoms with Gasteiger partial charge in [-0.3, -0.25) is 18.9 Å². The quantitative estimate of drug-likeness (QED) is 0.0644. The van der Waals surface area contributed by atoms with Gasteiger partial charge in [-0.25, -0.2) is 0 Å². The molecule has 1 aliphatic heterocycles. The van der Waals surface area contributed by atoms with Gasteiger partial charge in [-0.05, 0) is 75.0 Å². The number of carbonyl (C=O) groups is 3. The molecule has 5 rings (SSSR count). The van der Waals surface area contributed by atoms with Crippen LogP contribution in [0.4, 0.5) is 5.69 Å². The van der Waals surface area contributed by atoms with Gasteiger partial charge in [0.15, 0.2) is 0 Å². The van der Waals surface area contributed by atoms with Gasteiger partial charge in [0.25, 0.3) is 15.1 Å². The van der Waals surface area contributed by atoms with Crippen LogP contribution in [0.5, 0.6) is 0 Å². The van der Waals surface area contributed by atoms with Crippen molar-refractivity contribution in [2.24, 2.45) is 11.1 Å². The number of fused-ring (bicyclic) bond motifs is 2. The molecular formula is C38H46N5O6S3+. The summed E-state index contributed by atoms with van der Waals surface area (Å²) in [6, 6.07) is 16.4. The van der Waals surface area contributed by atoms with E-state index in [4.69, 9.17) is 5.73 Å². The molecule has 14 heteroatoms. The lowest BCUT2D eigenvalue weighted by atomic mass is 9.70. The monoisotopic (exact) mass is 764 g/mol. The first-order valence-electron chi connectivity index (χ1n) is 17.5. The summed E-state index contributed by atoms with van der Waals surface area (Å²) < 4.78 is 35.7. The van der Waals surface area contributed by atoms with Crippen molar-refractivity contribution >= 4 is 72.9 Å². The fraction of sp³-hybridized carbons (Fsp3) is 0.368. The Labute approximate surface area is 313 Å². The number of aryl methyl sites for hydroxylation is 1. The van der Waals surface area contributed by atoms with E-state index >= 15 is 0 Å². The van der Waals surface area contributed by atoms with Crippen molar-refractivity contribution in [1.29, 1.82) is 0 Å². The highest BCUT2D eigenvalue weighted by Gasteiger charge is 2.48. The Kier molecular flexibility index (Phi) is 13.1. The third kappa shape index (κ3) is 9.59. The van der Waals surface area contributed by atoms with Crippen LogP contribution in [-0.2, 0) is 31.0 Å². The number of thiazole rings is 1. The number of rotatable bonds is 16. The molecule has 0 radical (unpaired) electrons. The Bertz CT molecular complexity index is 2050. The maximum Gasteiger partial charge on any atom is 0.266 e. The third-order valence-electron chi connectivity index (χ3n) is 9.07. The first-order valence-corrected chi connectivity index (χ1v) is 20.7.